The van der Waals surface area contributed by atoms with Gasteiger partial charge in [-0.15, -0.1) is 0 Å². The Labute approximate surface area is 155 Å². The van der Waals surface area contributed by atoms with E-state index in [0.29, 0.717) is 0 Å². The second kappa shape index (κ2) is 10.5. The minimum atomic E-state index is -4.34. The van der Waals surface area contributed by atoms with Crippen molar-refractivity contribution in [2.45, 2.75) is 0 Å². The van der Waals surface area contributed by atoms with Crippen LogP contribution in [0.1, 0.15) is 0 Å². The number of nitrogens with zero attached hydrogens (tertiary/aromatic N) is 4. The summed E-state index contributed by atoms with van der Waals surface area (Å²) in [6.07, 6.45) is 0. The Morgan fingerprint density at radius 1 is 1.18 bits per heavy atom. The van der Waals surface area contributed by atoms with Crippen molar-refractivity contribution in [2.75, 3.05) is 48.8 Å². The van der Waals surface area contributed by atoms with Gasteiger partial charge >= 0.3 is 29.6 Å². The van der Waals surface area contributed by atoms with Crippen LogP contribution in [0, 0.1) is 0 Å². The molecule has 13 heteroatoms. The van der Waals surface area contributed by atoms with E-state index in [2.05, 4.69) is 20.3 Å². The maximum absolute atomic E-state index is 10.5. The van der Waals surface area contributed by atoms with E-state index in [1.165, 1.54) is 4.90 Å². The zero-order valence-corrected chi connectivity index (χ0v) is 15.5. The number of rotatable bonds is 9. The molecule has 22 heavy (non-hydrogen) atoms. The van der Waals surface area contributed by atoms with Crippen LogP contribution in [0.15, 0.2) is 0 Å². The summed E-state index contributed by atoms with van der Waals surface area (Å²) in [7, 11) is -4.34. The number of aliphatic hydroxyl groups is 2. The van der Waals surface area contributed by atoms with Gasteiger partial charge in [-0.05, 0) is 11.6 Å². The third kappa shape index (κ3) is 8.39. The molecule has 0 saturated carbocycles. The molecule has 0 atom stereocenters. The van der Waals surface area contributed by atoms with Crippen LogP contribution in [0.5, 0.6) is 0 Å². The molecule has 0 fully saturated rings. The Morgan fingerprint density at radius 2 is 1.77 bits per heavy atom. The van der Waals surface area contributed by atoms with Crippen LogP contribution >= 0.6 is 11.6 Å². The van der Waals surface area contributed by atoms with Crippen LogP contribution in [0.2, 0.25) is 5.28 Å². The van der Waals surface area contributed by atoms with Gasteiger partial charge in [0.15, 0.2) is 0 Å². The summed E-state index contributed by atoms with van der Waals surface area (Å²) >= 11 is 5.73. The first kappa shape index (κ1) is 21.7. The smallest absolute Gasteiger partial charge is 0.748 e. The van der Waals surface area contributed by atoms with Crippen LogP contribution in [0.25, 0.3) is 0 Å². The molecule has 0 bridgehead atoms. The summed E-state index contributed by atoms with van der Waals surface area (Å²) in [5.41, 5.74) is 0. The van der Waals surface area contributed by atoms with E-state index in [1.807, 2.05) is 0 Å². The fourth-order valence-corrected chi connectivity index (χ4v) is 1.91. The zero-order chi connectivity index (χ0) is 15.9. The molecule has 0 aliphatic carbocycles. The van der Waals surface area contributed by atoms with Gasteiger partial charge < -0.3 is 25.0 Å². The average molecular weight is 364 g/mol. The molecular weight excluding hydrogens is 349 g/mol. The van der Waals surface area contributed by atoms with Crippen LogP contribution in [-0.2, 0) is 10.1 Å². The standard InChI is InChI=1S/C9H16ClN5O5S.Na/c10-7-12-8(11-1-6-21(18,19)20)14-9(13-7)15(2-4-16)3-5-17;/h16-17H,1-6H2,(H,18,19,20)(H,11,12,13,14);/q;+1/p-1. The molecular formula is C9H15ClN5NaO5S. The van der Waals surface area contributed by atoms with E-state index in [1.54, 1.807) is 0 Å². The van der Waals surface area contributed by atoms with Crippen molar-refractivity contribution in [2.24, 2.45) is 0 Å². The van der Waals surface area contributed by atoms with E-state index < -0.39 is 15.9 Å². The number of aliphatic hydroxyl groups excluding tert-OH is 2. The van der Waals surface area contributed by atoms with Crippen molar-refractivity contribution in [3.63, 3.8) is 0 Å². The van der Waals surface area contributed by atoms with Crippen molar-refractivity contribution in [1.29, 1.82) is 0 Å². The maximum Gasteiger partial charge on any atom is 1.00 e. The normalized spacial score (nSPS) is 10.9. The molecule has 0 aliphatic heterocycles. The van der Waals surface area contributed by atoms with Crippen LogP contribution < -0.4 is 39.8 Å². The van der Waals surface area contributed by atoms with E-state index in [-0.39, 0.29) is 79.6 Å². The SMILES string of the molecule is O=S(=O)([O-])CCNc1nc(Cl)nc(N(CCO)CCO)n1.[Na+]. The molecule has 120 valence electrons. The Morgan fingerprint density at radius 3 is 2.27 bits per heavy atom. The van der Waals surface area contributed by atoms with Gasteiger partial charge in [0.25, 0.3) is 0 Å². The van der Waals surface area contributed by atoms with E-state index in [4.69, 9.17) is 21.8 Å². The minimum absolute atomic E-state index is 0. The first-order chi connectivity index (χ1) is 9.85. The minimum Gasteiger partial charge on any atom is -0.748 e. The third-order valence-electron chi connectivity index (χ3n) is 2.25. The molecule has 0 amide bonds. The van der Waals surface area contributed by atoms with Crippen LogP contribution in [0.3, 0.4) is 0 Å². The Bertz CT molecular complexity index is 557. The second-order valence-electron chi connectivity index (χ2n) is 3.85. The maximum atomic E-state index is 10.5. The number of hydrogen-bond acceptors (Lipinski definition) is 10. The van der Waals surface area contributed by atoms with Crippen LogP contribution in [0.4, 0.5) is 11.9 Å². The van der Waals surface area contributed by atoms with Gasteiger partial charge in [0.05, 0.1) is 29.1 Å². The molecule has 1 heterocycles. The summed E-state index contributed by atoms with van der Waals surface area (Å²) < 4.78 is 31.5. The fraction of sp³-hybridized carbons (Fsp3) is 0.667. The van der Waals surface area contributed by atoms with Gasteiger partial charge in [0.1, 0.15) is 0 Å². The van der Waals surface area contributed by atoms with Gasteiger partial charge in [-0.3, -0.25) is 0 Å². The molecule has 0 aliphatic rings. The predicted molar refractivity (Wildman–Crippen MR) is 74.3 cm³/mol. The molecule has 0 spiro atoms. The first-order valence-electron chi connectivity index (χ1n) is 5.91. The van der Waals surface area contributed by atoms with Gasteiger partial charge in [-0.2, -0.15) is 15.0 Å². The summed E-state index contributed by atoms with van der Waals surface area (Å²) in [6, 6.07) is 0. The molecule has 0 unspecified atom stereocenters. The topological polar surface area (TPSA) is 152 Å². The monoisotopic (exact) mass is 363 g/mol. The van der Waals surface area contributed by atoms with E-state index in [9.17, 15) is 13.0 Å². The molecule has 10 nitrogen and oxygen atoms in total. The summed E-state index contributed by atoms with van der Waals surface area (Å²) in [4.78, 5) is 13.0. The quantitative estimate of drug-likeness (QED) is 0.288. The predicted octanol–water partition coefficient (Wildman–Crippen LogP) is -4.72. The molecule has 1 aromatic rings. The molecule has 0 saturated heterocycles. The molecule has 0 aromatic carbocycles. The van der Waals surface area contributed by atoms with Gasteiger partial charge in [-0.25, -0.2) is 8.42 Å². The zero-order valence-electron chi connectivity index (χ0n) is 11.9. The fourth-order valence-electron chi connectivity index (χ4n) is 1.40. The summed E-state index contributed by atoms with van der Waals surface area (Å²) in [5, 5.41) is 20.3. The van der Waals surface area contributed by atoms with Gasteiger partial charge in [0, 0.05) is 19.6 Å². The first-order valence-corrected chi connectivity index (χ1v) is 7.87. The summed E-state index contributed by atoms with van der Waals surface area (Å²) in [5.74, 6) is -0.511. The van der Waals surface area contributed by atoms with Gasteiger partial charge in [-0.1, -0.05) is 0 Å². The number of hydrogen-bond donors (Lipinski definition) is 3. The molecule has 1 rings (SSSR count). The molecule has 1 aromatic heterocycles. The van der Waals surface area contributed by atoms with Crippen molar-refractivity contribution < 1.29 is 52.7 Å². The van der Waals surface area contributed by atoms with Crippen molar-refractivity contribution >= 4 is 33.6 Å². The van der Waals surface area contributed by atoms with Crippen molar-refractivity contribution in [3.8, 4) is 0 Å². The second-order valence-corrected chi connectivity index (χ2v) is 5.71. The van der Waals surface area contributed by atoms with Crippen molar-refractivity contribution in [3.05, 3.63) is 5.28 Å². The third-order valence-corrected chi connectivity index (χ3v) is 3.13. The number of aromatic nitrogens is 3. The Kier molecular flexibility index (Phi) is 10.4. The van der Waals surface area contributed by atoms with Crippen molar-refractivity contribution in [1.82, 2.24) is 15.0 Å². The largest absolute Gasteiger partial charge is 1.00 e. The number of anilines is 2. The number of halogens is 1. The van der Waals surface area contributed by atoms with E-state index in [0.717, 1.165) is 0 Å². The van der Waals surface area contributed by atoms with Gasteiger partial charge in [0.2, 0.25) is 17.2 Å². The Balaban J connectivity index is 0.00000441. The Hall–Kier alpha value is -0.270. The summed E-state index contributed by atoms with van der Waals surface area (Å²) in [6.45, 7) is -0.183. The molecule has 0 radical (unpaired) electrons. The van der Waals surface area contributed by atoms with Crippen LogP contribution in [-0.4, -0.2) is 76.7 Å². The molecule has 3 N–H and O–H groups in total. The number of nitrogens with one attached hydrogen (secondary N) is 1. The van der Waals surface area contributed by atoms with E-state index >= 15 is 0 Å². The average Bonchev–Trinajstić information content (AvgIpc) is 2.36.